The highest BCUT2D eigenvalue weighted by atomic mass is 16.2. The fourth-order valence-corrected chi connectivity index (χ4v) is 3.30. The number of amides is 3. The molecule has 1 aromatic heterocycles. The Labute approximate surface area is 153 Å². The SMILES string of the molecule is C=CCN1C(=O)N/C(=C/c2cc(C)n(-c3cccc(C)c3C)c2C)C1=O. The smallest absolute Gasteiger partial charge is 0.318 e. The summed E-state index contributed by atoms with van der Waals surface area (Å²) >= 11 is 0. The molecule has 0 atom stereocenters. The summed E-state index contributed by atoms with van der Waals surface area (Å²) < 4.78 is 2.18. The van der Waals surface area contributed by atoms with Crippen LogP contribution in [-0.2, 0) is 4.79 Å². The number of nitrogens with one attached hydrogen (secondary N) is 1. The average Bonchev–Trinajstić information content (AvgIpc) is 3.01. The van der Waals surface area contributed by atoms with Crippen LogP contribution in [0.2, 0.25) is 0 Å². The lowest BCUT2D eigenvalue weighted by Crippen LogP contribution is -2.30. The molecule has 0 unspecified atom stereocenters. The largest absolute Gasteiger partial charge is 0.329 e. The molecule has 5 heteroatoms. The molecule has 1 saturated heterocycles. The average molecular weight is 349 g/mol. The molecule has 2 heterocycles. The van der Waals surface area contributed by atoms with Crippen LogP contribution in [-0.4, -0.2) is 28.0 Å². The Balaban J connectivity index is 2.04. The quantitative estimate of drug-likeness (QED) is 0.519. The van der Waals surface area contributed by atoms with Crippen molar-refractivity contribution < 1.29 is 9.59 Å². The van der Waals surface area contributed by atoms with Gasteiger partial charge < -0.3 is 9.88 Å². The fourth-order valence-electron chi connectivity index (χ4n) is 3.30. The van der Waals surface area contributed by atoms with Crippen LogP contribution in [0.25, 0.3) is 11.8 Å². The van der Waals surface area contributed by atoms with Gasteiger partial charge in [0.05, 0.1) is 0 Å². The van der Waals surface area contributed by atoms with Crippen LogP contribution >= 0.6 is 0 Å². The highest BCUT2D eigenvalue weighted by Gasteiger charge is 2.32. The van der Waals surface area contributed by atoms with Crippen LogP contribution in [0, 0.1) is 27.7 Å². The monoisotopic (exact) mass is 349 g/mol. The molecule has 26 heavy (non-hydrogen) atoms. The Kier molecular flexibility index (Phi) is 4.55. The Hall–Kier alpha value is -3.08. The van der Waals surface area contributed by atoms with Gasteiger partial charge in [-0.3, -0.25) is 9.69 Å². The van der Waals surface area contributed by atoms with Crippen LogP contribution in [0.1, 0.15) is 28.1 Å². The maximum atomic E-state index is 12.4. The minimum absolute atomic E-state index is 0.198. The standard InChI is InChI=1S/C21H23N3O2/c1-6-10-23-20(25)18(22-21(23)26)12-17-11-14(3)24(16(17)5)19-9-7-8-13(2)15(19)4/h6-9,11-12H,1,10H2,2-5H3,(H,22,26)/b18-12+. The summed E-state index contributed by atoms with van der Waals surface area (Å²) in [5.74, 6) is -0.327. The van der Waals surface area contributed by atoms with Crippen molar-refractivity contribution in [2.75, 3.05) is 6.54 Å². The molecule has 0 aliphatic carbocycles. The minimum atomic E-state index is -0.413. The van der Waals surface area contributed by atoms with Crippen LogP contribution < -0.4 is 5.32 Å². The first kappa shape index (κ1) is 17.7. The first-order chi connectivity index (χ1) is 12.3. The zero-order valence-corrected chi connectivity index (χ0v) is 15.6. The Bertz CT molecular complexity index is 950. The summed E-state index contributed by atoms with van der Waals surface area (Å²) in [6.07, 6.45) is 3.28. The molecule has 0 bridgehead atoms. The lowest BCUT2D eigenvalue weighted by Gasteiger charge is -2.14. The second-order valence-corrected chi connectivity index (χ2v) is 6.57. The van der Waals surface area contributed by atoms with Gasteiger partial charge in [-0.2, -0.15) is 0 Å². The van der Waals surface area contributed by atoms with Gasteiger partial charge in [-0.1, -0.05) is 18.2 Å². The number of carbonyl (C=O) groups excluding carboxylic acids is 2. The summed E-state index contributed by atoms with van der Waals surface area (Å²) in [6, 6.07) is 7.84. The van der Waals surface area contributed by atoms with Crippen LogP contribution in [0.15, 0.2) is 42.6 Å². The second kappa shape index (κ2) is 6.67. The molecular weight excluding hydrogens is 326 g/mol. The summed E-state index contributed by atoms with van der Waals surface area (Å²) in [4.78, 5) is 25.5. The number of nitrogens with zero attached hydrogens (tertiary/aromatic N) is 2. The van der Waals surface area contributed by atoms with Gasteiger partial charge in [-0.25, -0.2) is 4.79 Å². The number of rotatable bonds is 4. The molecule has 5 nitrogen and oxygen atoms in total. The van der Waals surface area contributed by atoms with Crippen molar-refractivity contribution in [3.63, 3.8) is 0 Å². The molecule has 1 N–H and O–H groups in total. The van der Waals surface area contributed by atoms with E-state index >= 15 is 0 Å². The van der Waals surface area contributed by atoms with E-state index in [4.69, 9.17) is 0 Å². The Morgan fingerprint density at radius 3 is 2.58 bits per heavy atom. The molecule has 1 aromatic carbocycles. The third-order valence-electron chi connectivity index (χ3n) is 4.86. The number of aryl methyl sites for hydroxylation is 2. The molecule has 1 fully saturated rings. The van der Waals surface area contributed by atoms with Gasteiger partial charge in [-0.05, 0) is 62.6 Å². The van der Waals surface area contributed by atoms with E-state index in [2.05, 4.69) is 42.4 Å². The normalized spacial score (nSPS) is 15.7. The van der Waals surface area contributed by atoms with E-state index in [9.17, 15) is 9.59 Å². The molecule has 0 saturated carbocycles. The third-order valence-corrected chi connectivity index (χ3v) is 4.86. The first-order valence-electron chi connectivity index (χ1n) is 8.56. The number of hydrogen-bond acceptors (Lipinski definition) is 2. The number of hydrogen-bond donors (Lipinski definition) is 1. The zero-order valence-electron chi connectivity index (χ0n) is 15.6. The van der Waals surface area contributed by atoms with E-state index in [1.807, 2.05) is 26.0 Å². The van der Waals surface area contributed by atoms with Gasteiger partial charge in [0.1, 0.15) is 5.70 Å². The molecule has 2 aromatic rings. The number of aromatic nitrogens is 1. The van der Waals surface area contributed by atoms with Gasteiger partial charge in [0.25, 0.3) is 5.91 Å². The van der Waals surface area contributed by atoms with Crippen LogP contribution in [0.5, 0.6) is 0 Å². The maximum absolute atomic E-state index is 12.4. The second-order valence-electron chi connectivity index (χ2n) is 6.57. The van der Waals surface area contributed by atoms with Crippen molar-refractivity contribution in [2.24, 2.45) is 0 Å². The van der Waals surface area contributed by atoms with Crippen molar-refractivity contribution in [2.45, 2.75) is 27.7 Å². The Morgan fingerprint density at radius 2 is 1.88 bits per heavy atom. The van der Waals surface area contributed by atoms with Gasteiger partial charge >= 0.3 is 6.03 Å². The van der Waals surface area contributed by atoms with Crippen molar-refractivity contribution in [3.8, 4) is 5.69 Å². The van der Waals surface area contributed by atoms with E-state index in [1.54, 1.807) is 6.08 Å². The van der Waals surface area contributed by atoms with E-state index in [0.29, 0.717) is 0 Å². The Morgan fingerprint density at radius 1 is 1.15 bits per heavy atom. The minimum Gasteiger partial charge on any atom is -0.318 e. The van der Waals surface area contributed by atoms with E-state index < -0.39 is 6.03 Å². The lowest BCUT2D eigenvalue weighted by atomic mass is 10.1. The topological polar surface area (TPSA) is 54.3 Å². The molecule has 0 spiro atoms. The molecule has 1 aliphatic rings. The summed E-state index contributed by atoms with van der Waals surface area (Å²) in [5, 5.41) is 2.64. The number of carbonyl (C=O) groups is 2. The first-order valence-corrected chi connectivity index (χ1v) is 8.56. The van der Waals surface area contributed by atoms with E-state index in [-0.39, 0.29) is 18.1 Å². The fraction of sp³-hybridized carbons (Fsp3) is 0.238. The zero-order chi connectivity index (χ0) is 19.0. The maximum Gasteiger partial charge on any atom is 0.329 e. The van der Waals surface area contributed by atoms with Crippen LogP contribution in [0.3, 0.4) is 0 Å². The van der Waals surface area contributed by atoms with Crippen molar-refractivity contribution in [3.05, 3.63) is 70.7 Å². The van der Waals surface area contributed by atoms with Gasteiger partial charge in [0.15, 0.2) is 0 Å². The highest BCUT2D eigenvalue weighted by Crippen LogP contribution is 2.26. The van der Waals surface area contributed by atoms with Crippen molar-refractivity contribution in [1.29, 1.82) is 0 Å². The molecule has 0 radical (unpaired) electrons. The number of urea groups is 1. The predicted molar refractivity (Wildman–Crippen MR) is 103 cm³/mol. The highest BCUT2D eigenvalue weighted by molar-refractivity contribution is 6.14. The number of benzene rings is 1. The molecule has 1 aliphatic heterocycles. The molecule has 134 valence electrons. The summed E-state index contributed by atoms with van der Waals surface area (Å²) in [5.41, 5.74) is 6.87. The molecule has 3 amide bonds. The van der Waals surface area contributed by atoms with E-state index in [0.717, 1.165) is 27.5 Å². The predicted octanol–water partition coefficient (Wildman–Crippen LogP) is 3.79. The van der Waals surface area contributed by atoms with Gasteiger partial charge in [0.2, 0.25) is 0 Å². The number of imide groups is 1. The third kappa shape index (κ3) is 2.86. The van der Waals surface area contributed by atoms with Crippen molar-refractivity contribution in [1.82, 2.24) is 14.8 Å². The van der Waals surface area contributed by atoms with Crippen LogP contribution in [0.4, 0.5) is 4.79 Å². The summed E-state index contributed by atoms with van der Waals surface area (Å²) in [6.45, 7) is 12.0. The summed E-state index contributed by atoms with van der Waals surface area (Å²) in [7, 11) is 0. The van der Waals surface area contributed by atoms with Crippen molar-refractivity contribution >= 4 is 18.0 Å². The van der Waals surface area contributed by atoms with E-state index in [1.165, 1.54) is 17.2 Å². The van der Waals surface area contributed by atoms with Gasteiger partial charge in [-0.15, -0.1) is 6.58 Å². The molecule has 3 rings (SSSR count). The van der Waals surface area contributed by atoms with Gasteiger partial charge in [0, 0.05) is 23.6 Å². The lowest BCUT2D eigenvalue weighted by molar-refractivity contribution is -0.122. The molecular formula is C21H23N3O2.